The lowest BCUT2D eigenvalue weighted by atomic mass is 9.96. The summed E-state index contributed by atoms with van der Waals surface area (Å²) >= 11 is 0. The lowest BCUT2D eigenvalue weighted by Gasteiger charge is -2.14. The molecule has 19 heavy (non-hydrogen) atoms. The first-order chi connectivity index (χ1) is 9.10. The molecule has 0 aliphatic carbocycles. The van der Waals surface area contributed by atoms with Crippen molar-refractivity contribution < 1.29 is 9.13 Å². The number of methoxy groups -OCH3 is 1. The quantitative estimate of drug-likeness (QED) is 0.897. The topological polar surface area (TPSA) is 71.9 Å². The number of pyridine rings is 1. The summed E-state index contributed by atoms with van der Waals surface area (Å²) in [6, 6.07) is 8.18. The van der Waals surface area contributed by atoms with Gasteiger partial charge in [0.2, 0.25) is 5.88 Å². The van der Waals surface area contributed by atoms with E-state index in [0.717, 1.165) is 0 Å². The van der Waals surface area contributed by atoms with E-state index in [4.69, 9.17) is 10.5 Å². The van der Waals surface area contributed by atoms with Gasteiger partial charge >= 0.3 is 0 Å². The van der Waals surface area contributed by atoms with Gasteiger partial charge in [-0.1, -0.05) is 18.2 Å². The zero-order chi connectivity index (χ0) is 14.0. The zero-order valence-corrected chi connectivity index (χ0v) is 10.6. The van der Waals surface area contributed by atoms with Crippen molar-refractivity contribution in [2.75, 3.05) is 12.8 Å². The molecule has 0 aliphatic heterocycles. The molecular formula is C14H12FN3O. The number of hydrogen-bond donors (Lipinski definition) is 1. The second kappa shape index (κ2) is 4.94. The van der Waals surface area contributed by atoms with Crippen LogP contribution in [0.1, 0.15) is 11.1 Å². The van der Waals surface area contributed by atoms with Crippen molar-refractivity contribution in [1.29, 1.82) is 5.26 Å². The number of nitriles is 1. The maximum Gasteiger partial charge on any atom is 0.218 e. The minimum atomic E-state index is -0.422. The van der Waals surface area contributed by atoms with E-state index in [-0.39, 0.29) is 17.3 Å². The molecule has 0 radical (unpaired) electrons. The van der Waals surface area contributed by atoms with Crippen LogP contribution in [0.25, 0.3) is 11.1 Å². The average molecular weight is 257 g/mol. The number of nitrogens with zero attached hydrogens (tertiary/aromatic N) is 2. The van der Waals surface area contributed by atoms with Gasteiger partial charge in [0.15, 0.2) is 0 Å². The third-order valence-corrected chi connectivity index (χ3v) is 2.87. The van der Waals surface area contributed by atoms with Gasteiger partial charge in [0, 0.05) is 16.7 Å². The Kier molecular flexibility index (Phi) is 3.34. The number of nitrogen functional groups attached to an aromatic ring is 1. The summed E-state index contributed by atoms with van der Waals surface area (Å²) in [5.74, 6) is -0.104. The van der Waals surface area contributed by atoms with E-state index in [9.17, 15) is 9.65 Å². The van der Waals surface area contributed by atoms with E-state index in [1.165, 1.54) is 13.2 Å². The van der Waals surface area contributed by atoms with Crippen LogP contribution in [-0.4, -0.2) is 12.1 Å². The highest BCUT2D eigenvalue weighted by atomic mass is 19.1. The highest BCUT2D eigenvalue weighted by Gasteiger charge is 2.19. The fourth-order valence-electron chi connectivity index (χ4n) is 1.98. The SMILES string of the molecule is COc1nc(N)c(C#N)c(-c2ccccc2F)c1C. The van der Waals surface area contributed by atoms with Gasteiger partial charge in [-0.2, -0.15) is 10.2 Å². The summed E-state index contributed by atoms with van der Waals surface area (Å²) < 4.78 is 19.0. The molecule has 1 aromatic carbocycles. The van der Waals surface area contributed by atoms with Crippen LogP contribution < -0.4 is 10.5 Å². The number of hydrogen-bond acceptors (Lipinski definition) is 4. The molecule has 5 heteroatoms. The first kappa shape index (κ1) is 12.8. The molecule has 0 saturated carbocycles. The second-order valence-electron chi connectivity index (χ2n) is 3.97. The largest absolute Gasteiger partial charge is 0.481 e. The van der Waals surface area contributed by atoms with E-state index in [1.54, 1.807) is 25.1 Å². The van der Waals surface area contributed by atoms with Crippen LogP contribution in [0.15, 0.2) is 24.3 Å². The average Bonchev–Trinajstić information content (AvgIpc) is 2.41. The van der Waals surface area contributed by atoms with Crippen molar-refractivity contribution in [1.82, 2.24) is 4.98 Å². The lowest BCUT2D eigenvalue weighted by molar-refractivity contribution is 0.395. The van der Waals surface area contributed by atoms with Crippen LogP contribution in [0.5, 0.6) is 5.88 Å². The summed E-state index contributed by atoms with van der Waals surface area (Å²) in [7, 11) is 1.45. The van der Waals surface area contributed by atoms with Gasteiger partial charge in [-0.3, -0.25) is 0 Å². The van der Waals surface area contributed by atoms with Gasteiger partial charge in [-0.25, -0.2) is 4.39 Å². The molecule has 0 spiro atoms. The van der Waals surface area contributed by atoms with Crippen LogP contribution in [0.3, 0.4) is 0 Å². The molecule has 2 N–H and O–H groups in total. The molecule has 0 fully saturated rings. The van der Waals surface area contributed by atoms with Crippen molar-refractivity contribution in [2.45, 2.75) is 6.92 Å². The zero-order valence-electron chi connectivity index (χ0n) is 10.6. The van der Waals surface area contributed by atoms with E-state index >= 15 is 0 Å². The Balaban J connectivity index is 2.86. The van der Waals surface area contributed by atoms with E-state index in [0.29, 0.717) is 16.7 Å². The van der Waals surface area contributed by atoms with Crippen molar-refractivity contribution >= 4 is 5.82 Å². The number of nitrogens with two attached hydrogens (primary N) is 1. The molecule has 1 heterocycles. The molecule has 4 nitrogen and oxygen atoms in total. The smallest absolute Gasteiger partial charge is 0.218 e. The molecule has 0 amide bonds. The summed E-state index contributed by atoms with van der Waals surface area (Å²) in [5.41, 5.74) is 7.20. The van der Waals surface area contributed by atoms with Crippen LogP contribution in [-0.2, 0) is 0 Å². The Bertz CT molecular complexity index is 676. The molecule has 0 unspecified atom stereocenters. The van der Waals surface area contributed by atoms with E-state index < -0.39 is 5.82 Å². The van der Waals surface area contributed by atoms with Crippen molar-refractivity contribution in [3.8, 4) is 23.1 Å². The summed E-state index contributed by atoms with van der Waals surface area (Å²) in [5, 5.41) is 9.21. The molecule has 0 atom stereocenters. The molecule has 0 aliphatic rings. The minimum Gasteiger partial charge on any atom is -0.481 e. The predicted molar refractivity (Wildman–Crippen MR) is 70.0 cm³/mol. The third kappa shape index (κ3) is 2.08. The third-order valence-electron chi connectivity index (χ3n) is 2.87. The maximum atomic E-state index is 13.9. The van der Waals surface area contributed by atoms with Gasteiger partial charge in [0.05, 0.1) is 7.11 Å². The molecule has 1 aromatic heterocycles. The second-order valence-corrected chi connectivity index (χ2v) is 3.97. The Morgan fingerprint density at radius 2 is 2.05 bits per heavy atom. The number of anilines is 1. The van der Waals surface area contributed by atoms with Crippen LogP contribution in [0.4, 0.5) is 10.2 Å². The number of halogens is 1. The van der Waals surface area contributed by atoms with Crippen molar-refractivity contribution in [2.24, 2.45) is 0 Å². The first-order valence-corrected chi connectivity index (χ1v) is 5.59. The fourth-order valence-corrected chi connectivity index (χ4v) is 1.98. The minimum absolute atomic E-state index is 0.0307. The first-order valence-electron chi connectivity index (χ1n) is 5.59. The highest BCUT2D eigenvalue weighted by Crippen LogP contribution is 2.35. The maximum absolute atomic E-state index is 13.9. The summed E-state index contributed by atoms with van der Waals surface area (Å²) in [6.45, 7) is 1.72. The molecular weight excluding hydrogens is 245 g/mol. The Labute approximate surface area is 110 Å². The molecule has 2 aromatic rings. The normalized spacial score (nSPS) is 10.0. The standard InChI is InChI=1S/C14H12FN3O/c1-8-12(9-5-3-4-6-11(9)15)10(7-16)13(17)18-14(8)19-2/h3-6H,1-2H3,(H2,17,18). The Hall–Kier alpha value is -2.61. The van der Waals surface area contributed by atoms with E-state index in [1.807, 2.05) is 6.07 Å². The van der Waals surface area contributed by atoms with Crippen LogP contribution >= 0.6 is 0 Å². The summed E-state index contributed by atoms with van der Waals surface area (Å²) in [4.78, 5) is 3.99. The van der Waals surface area contributed by atoms with Gasteiger partial charge in [-0.15, -0.1) is 0 Å². The van der Waals surface area contributed by atoms with Gasteiger partial charge < -0.3 is 10.5 Å². The molecule has 0 saturated heterocycles. The van der Waals surface area contributed by atoms with Crippen LogP contribution in [0.2, 0.25) is 0 Å². The van der Waals surface area contributed by atoms with E-state index in [2.05, 4.69) is 4.98 Å². The van der Waals surface area contributed by atoms with Gasteiger partial charge in [-0.05, 0) is 13.0 Å². The fraction of sp³-hybridized carbons (Fsp3) is 0.143. The highest BCUT2D eigenvalue weighted by molar-refractivity contribution is 5.80. The van der Waals surface area contributed by atoms with Crippen molar-refractivity contribution in [3.05, 3.63) is 41.2 Å². The van der Waals surface area contributed by atoms with Gasteiger partial charge in [0.25, 0.3) is 0 Å². The van der Waals surface area contributed by atoms with Gasteiger partial charge in [0.1, 0.15) is 23.3 Å². The lowest BCUT2D eigenvalue weighted by Crippen LogP contribution is -2.04. The Morgan fingerprint density at radius 3 is 2.63 bits per heavy atom. The van der Waals surface area contributed by atoms with Crippen molar-refractivity contribution in [3.63, 3.8) is 0 Å². The number of ether oxygens (including phenoxy) is 1. The molecule has 2 rings (SSSR count). The monoisotopic (exact) mass is 257 g/mol. The number of benzene rings is 1. The summed E-state index contributed by atoms with van der Waals surface area (Å²) in [6.07, 6.45) is 0. The number of rotatable bonds is 2. The van der Waals surface area contributed by atoms with Crippen LogP contribution in [0, 0.1) is 24.1 Å². The molecule has 0 bridgehead atoms. The number of aromatic nitrogens is 1. The Morgan fingerprint density at radius 1 is 1.37 bits per heavy atom. The predicted octanol–water partition coefficient (Wildman–Crippen LogP) is 2.66. The molecule has 96 valence electrons.